The van der Waals surface area contributed by atoms with Crippen molar-refractivity contribution in [2.45, 2.75) is 46.1 Å². The Kier molecular flexibility index (Phi) is 4.45. The van der Waals surface area contributed by atoms with Crippen molar-refractivity contribution in [3.63, 3.8) is 0 Å². The molecule has 6 heteroatoms. The molecule has 18 heavy (non-hydrogen) atoms. The normalized spacial score (nSPS) is 14.0. The Labute approximate surface area is 110 Å². The number of carboxylic acids is 1. The minimum Gasteiger partial charge on any atom is -0.481 e. The highest BCUT2D eigenvalue weighted by Gasteiger charge is 2.29. The van der Waals surface area contributed by atoms with Gasteiger partial charge < -0.3 is 10.4 Å². The second-order valence-electron chi connectivity index (χ2n) is 4.59. The summed E-state index contributed by atoms with van der Waals surface area (Å²) < 4.78 is 0. The van der Waals surface area contributed by atoms with Crippen LogP contribution in [0.5, 0.6) is 0 Å². The van der Waals surface area contributed by atoms with Crippen LogP contribution in [-0.4, -0.2) is 27.5 Å². The molecule has 1 aromatic heterocycles. The van der Waals surface area contributed by atoms with Crippen LogP contribution in [0, 0.1) is 13.8 Å². The molecule has 5 nitrogen and oxygen atoms in total. The lowest BCUT2D eigenvalue weighted by atomic mass is 9.94. The number of nitrogens with one attached hydrogen (secondary N) is 1. The SMILES string of the molecule is CC[C@](C)(CC(=O)O)NC(=O)c1sc(C)nc1C. The predicted octanol–water partition coefficient (Wildman–Crippen LogP) is 2.13. The van der Waals surface area contributed by atoms with Gasteiger partial charge in [0.2, 0.25) is 0 Å². The quantitative estimate of drug-likeness (QED) is 0.859. The number of amides is 1. The van der Waals surface area contributed by atoms with Gasteiger partial charge in [-0.3, -0.25) is 9.59 Å². The summed E-state index contributed by atoms with van der Waals surface area (Å²) in [6.45, 7) is 7.21. The van der Waals surface area contributed by atoms with Crippen molar-refractivity contribution in [3.05, 3.63) is 15.6 Å². The first kappa shape index (κ1) is 14.6. The van der Waals surface area contributed by atoms with E-state index >= 15 is 0 Å². The van der Waals surface area contributed by atoms with Crippen molar-refractivity contribution in [1.82, 2.24) is 10.3 Å². The minimum atomic E-state index is -0.920. The van der Waals surface area contributed by atoms with Gasteiger partial charge in [-0.15, -0.1) is 11.3 Å². The Morgan fingerprint density at radius 2 is 2.06 bits per heavy atom. The molecule has 1 amide bonds. The average Bonchev–Trinajstić information content (AvgIpc) is 2.56. The zero-order chi connectivity index (χ0) is 13.9. The lowest BCUT2D eigenvalue weighted by Crippen LogP contribution is -2.47. The number of nitrogens with zero attached hydrogens (tertiary/aromatic N) is 1. The highest BCUT2D eigenvalue weighted by Crippen LogP contribution is 2.20. The summed E-state index contributed by atoms with van der Waals surface area (Å²) >= 11 is 1.32. The first-order valence-electron chi connectivity index (χ1n) is 5.76. The van der Waals surface area contributed by atoms with Crippen molar-refractivity contribution in [2.24, 2.45) is 0 Å². The van der Waals surface area contributed by atoms with Crippen LogP contribution in [0.15, 0.2) is 0 Å². The molecule has 0 saturated carbocycles. The lowest BCUT2D eigenvalue weighted by Gasteiger charge is -2.27. The van der Waals surface area contributed by atoms with Crippen LogP contribution in [-0.2, 0) is 4.79 Å². The Hall–Kier alpha value is -1.43. The Morgan fingerprint density at radius 3 is 2.44 bits per heavy atom. The topological polar surface area (TPSA) is 79.3 Å². The molecule has 2 N–H and O–H groups in total. The van der Waals surface area contributed by atoms with Gasteiger partial charge in [0.25, 0.3) is 5.91 Å². The van der Waals surface area contributed by atoms with Gasteiger partial charge in [0, 0.05) is 5.54 Å². The molecule has 1 rings (SSSR count). The molecule has 0 fully saturated rings. The largest absolute Gasteiger partial charge is 0.481 e. The maximum Gasteiger partial charge on any atom is 0.305 e. The molecule has 0 unspecified atom stereocenters. The first-order chi connectivity index (χ1) is 8.27. The highest BCUT2D eigenvalue weighted by molar-refractivity contribution is 7.13. The number of hydrogen-bond donors (Lipinski definition) is 2. The van der Waals surface area contributed by atoms with E-state index in [9.17, 15) is 9.59 Å². The molecule has 0 spiro atoms. The number of carbonyl (C=O) groups is 2. The fourth-order valence-electron chi connectivity index (χ4n) is 1.66. The molecular formula is C12H18N2O3S. The summed E-state index contributed by atoms with van der Waals surface area (Å²) in [4.78, 5) is 27.6. The summed E-state index contributed by atoms with van der Waals surface area (Å²) in [6, 6.07) is 0. The smallest absolute Gasteiger partial charge is 0.305 e. The van der Waals surface area contributed by atoms with E-state index in [1.807, 2.05) is 13.8 Å². The Bertz CT molecular complexity index is 470. The van der Waals surface area contributed by atoms with Gasteiger partial charge in [-0.1, -0.05) is 6.92 Å². The van der Waals surface area contributed by atoms with Crippen LogP contribution in [0.25, 0.3) is 0 Å². The molecule has 0 saturated heterocycles. The van der Waals surface area contributed by atoms with Gasteiger partial charge in [0.1, 0.15) is 4.88 Å². The van der Waals surface area contributed by atoms with Gasteiger partial charge in [0.15, 0.2) is 0 Å². The van der Waals surface area contributed by atoms with E-state index in [0.29, 0.717) is 17.0 Å². The summed E-state index contributed by atoms with van der Waals surface area (Å²) in [5.41, 5.74) is -0.0449. The van der Waals surface area contributed by atoms with E-state index in [1.165, 1.54) is 11.3 Å². The predicted molar refractivity (Wildman–Crippen MR) is 70.0 cm³/mol. The van der Waals surface area contributed by atoms with Crippen LogP contribution in [0.2, 0.25) is 0 Å². The molecule has 0 bridgehead atoms. The van der Waals surface area contributed by atoms with Crippen molar-refractivity contribution in [2.75, 3.05) is 0 Å². The minimum absolute atomic E-state index is 0.0912. The zero-order valence-corrected chi connectivity index (χ0v) is 11.8. The molecule has 0 aliphatic heterocycles. The third kappa shape index (κ3) is 3.53. The van der Waals surface area contributed by atoms with Crippen LogP contribution < -0.4 is 5.32 Å². The highest BCUT2D eigenvalue weighted by atomic mass is 32.1. The van der Waals surface area contributed by atoms with E-state index < -0.39 is 11.5 Å². The number of carbonyl (C=O) groups excluding carboxylic acids is 1. The molecule has 0 aromatic carbocycles. The number of aromatic nitrogens is 1. The third-order valence-corrected chi connectivity index (χ3v) is 3.92. The lowest BCUT2D eigenvalue weighted by molar-refractivity contribution is -0.138. The van der Waals surface area contributed by atoms with Crippen molar-refractivity contribution >= 4 is 23.2 Å². The van der Waals surface area contributed by atoms with E-state index in [1.54, 1.807) is 13.8 Å². The van der Waals surface area contributed by atoms with E-state index in [2.05, 4.69) is 10.3 Å². The standard InChI is InChI=1S/C12H18N2O3S/c1-5-12(4,6-9(15)16)14-11(17)10-7(2)13-8(3)18-10/h5-6H2,1-4H3,(H,14,17)(H,15,16)/t12-/m1/s1. The first-order valence-corrected chi connectivity index (χ1v) is 6.57. The third-order valence-electron chi connectivity index (χ3n) is 2.85. The van der Waals surface area contributed by atoms with Crippen molar-refractivity contribution in [1.29, 1.82) is 0 Å². The molecule has 0 aliphatic carbocycles. The molecule has 1 atom stereocenters. The van der Waals surface area contributed by atoms with Gasteiger partial charge in [0.05, 0.1) is 17.1 Å². The van der Waals surface area contributed by atoms with Crippen LogP contribution in [0.3, 0.4) is 0 Å². The number of thiazole rings is 1. The Balaban J connectivity index is 2.85. The van der Waals surface area contributed by atoms with E-state index in [-0.39, 0.29) is 12.3 Å². The average molecular weight is 270 g/mol. The summed E-state index contributed by atoms with van der Waals surface area (Å²) in [5, 5.41) is 12.5. The molecule has 0 aliphatic rings. The molecule has 1 aromatic rings. The maximum absolute atomic E-state index is 12.1. The van der Waals surface area contributed by atoms with Crippen LogP contribution in [0.1, 0.15) is 47.1 Å². The molecule has 0 radical (unpaired) electrons. The number of aliphatic carboxylic acids is 1. The van der Waals surface area contributed by atoms with Crippen LogP contribution in [0.4, 0.5) is 0 Å². The summed E-state index contributed by atoms with van der Waals surface area (Å²) in [5.74, 6) is -1.17. The van der Waals surface area contributed by atoms with E-state index in [0.717, 1.165) is 5.01 Å². The van der Waals surface area contributed by atoms with Gasteiger partial charge in [-0.25, -0.2) is 4.98 Å². The van der Waals surface area contributed by atoms with Crippen molar-refractivity contribution in [3.8, 4) is 0 Å². The number of rotatable bonds is 5. The second kappa shape index (κ2) is 5.48. The summed E-state index contributed by atoms with van der Waals surface area (Å²) in [7, 11) is 0. The fraction of sp³-hybridized carbons (Fsp3) is 0.583. The summed E-state index contributed by atoms with van der Waals surface area (Å²) in [6.07, 6.45) is 0.466. The molecule has 1 heterocycles. The van der Waals surface area contributed by atoms with Crippen LogP contribution >= 0.6 is 11.3 Å². The zero-order valence-electron chi connectivity index (χ0n) is 11.0. The van der Waals surface area contributed by atoms with E-state index in [4.69, 9.17) is 5.11 Å². The van der Waals surface area contributed by atoms with Crippen molar-refractivity contribution < 1.29 is 14.7 Å². The van der Waals surface area contributed by atoms with Gasteiger partial charge >= 0.3 is 5.97 Å². The number of carboxylic acid groups (broad SMARTS) is 1. The Morgan fingerprint density at radius 1 is 1.44 bits per heavy atom. The number of hydrogen-bond acceptors (Lipinski definition) is 4. The maximum atomic E-state index is 12.1. The number of aryl methyl sites for hydroxylation is 2. The monoisotopic (exact) mass is 270 g/mol. The molecular weight excluding hydrogens is 252 g/mol. The molecule has 100 valence electrons. The fourth-order valence-corrected chi connectivity index (χ4v) is 2.48. The van der Waals surface area contributed by atoms with Gasteiger partial charge in [-0.2, -0.15) is 0 Å². The van der Waals surface area contributed by atoms with Gasteiger partial charge in [-0.05, 0) is 27.2 Å². The second-order valence-corrected chi connectivity index (χ2v) is 5.79.